The monoisotopic (exact) mass is 268 g/mol. The molecule has 0 unspecified atom stereocenters. The molecule has 7 heteroatoms. The van der Waals surface area contributed by atoms with E-state index in [9.17, 15) is 9.59 Å². The highest BCUT2D eigenvalue weighted by Gasteiger charge is 2.29. The van der Waals surface area contributed by atoms with E-state index in [1.54, 1.807) is 0 Å². The van der Waals surface area contributed by atoms with Gasteiger partial charge in [-0.05, 0) is 0 Å². The lowest BCUT2D eigenvalue weighted by atomic mass is 10.2. The molecule has 1 saturated heterocycles. The standard InChI is InChI=1S/C11H13ClN4O2/c1-6(2)9-14-5-7(12)8(15-9)10(17)16-4-3-13-11(16)18/h5-6H,3-4H2,1-2H3,(H,13,18). The van der Waals surface area contributed by atoms with Gasteiger partial charge in [0.25, 0.3) is 5.91 Å². The second-order valence-corrected chi connectivity index (χ2v) is 4.68. The highest BCUT2D eigenvalue weighted by molar-refractivity contribution is 6.33. The molecule has 1 aliphatic rings. The average molecular weight is 269 g/mol. The fourth-order valence-electron chi connectivity index (χ4n) is 1.60. The predicted octanol–water partition coefficient (Wildman–Crippen LogP) is 1.42. The molecule has 1 aromatic rings. The minimum absolute atomic E-state index is 0.0763. The third-order valence-corrected chi connectivity index (χ3v) is 2.86. The normalized spacial score (nSPS) is 15.1. The Hall–Kier alpha value is -1.69. The van der Waals surface area contributed by atoms with Gasteiger partial charge in [0.1, 0.15) is 5.82 Å². The van der Waals surface area contributed by atoms with Crippen molar-refractivity contribution in [2.45, 2.75) is 19.8 Å². The van der Waals surface area contributed by atoms with Crippen LogP contribution in [0.15, 0.2) is 6.20 Å². The summed E-state index contributed by atoms with van der Waals surface area (Å²) in [6, 6.07) is -0.416. The largest absolute Gasteiger partial charge is 0.336 e. The van der Waals surface area contributed by atoms with Crippen LogP contribution in [0.3, 0.4) is 0 Å². The summed E-state index contributed by atoms with van der Waals surface area (Å²) in [4.78, 5) is 32.9. The van der Waals surface area contributed by atoms with Gasteiger partial charge < -0.3 is 5.32 Å². The number of imide groups is 1. The van der Waals surface area contributed by atoms with Crippen LogP contribution in [0.2, 0.25) is 5.02 Å². The van der Waals surface area contributed by atoms with Crippen molar-refractivity contribution in [1.82, 2.24) is 20.2 Å². The second-order valence-electron chi connectivity index (χ2n) is 4.27. The number of hydrogen-bond acceptors (Lipinski definition) is 4. The Bertz CT molecular complexity index is 504. The highest BCUT2D eigenvalue weighted by atomic mass is 35.5. The zero-order valence-electron chi connectivity index (χ0n) is 10.1. The van der Waals surface area contributed by atoms with Crippen molar-refractivity contribution in [2.75, 3.05) is 13.1 Å². The lowest BCUT2D eigenvalue weighted by Gasteiger charge is -2.13. The summed E-state index contributed by atoms with van der Waals surface area (Å²) in [6.45, 7) is 4.61. The van der Waals surface area contributed by atoms with E-state index in [0.29, 0.717) is 18.9 Å². The van der Waals surface area contributed by atoms with Crippen molar-refractivity contribution in [2.24, 2.45) is 0 Å². The number of nitrogens with one attached hydrogen (secondary N) is 1. The third kappa shape index (κ3) is 2.28. The van der Waals surface area contributed by atoms with Crippen molar-refractivity contribution < 1.29 is 9.59 Å². The van der Waals surface area contributed by atoms with Gasteiger partial charge in [0.05, 0.1) is 11.2 Å². The minimum Gasteiger partial charge on any atom is -0.336 e. The first-order chi connectivity index (χ1) is 8.50. The smallest absolute Gasteiger partial charge is 0.324 e. The lowest BCUT2D eigenvalue weighted by molar-refractivity contribution is 0.0823. The van der Waals surface area contributed by atoms with Crippen LogP contribution in [0, 0.1) is 0 Å². The van der Waals surface area contributed by atoms with Gasteiger partial charge in [-0.15, -0.1) is 0 Å². The molecule has 0 spiro atoms. The number of carbonyl (C=O) groups is 2. The molecular weight excluding hydrogens is 256 g/mol. The summed E-state index contributed by atoms with van der Waals surface area (Å²) in [5.41, 5.74) is 0.0763. The van der Waals surface area contributed by atoms with E-state index in [0.717, 1.165) is 4.90 Å². The summed E-state index contributed by atoms with van der Waals surface area (Å²) in [5, 5.41) is 2.71. The molecule has 0 radical (unpaired) electrons. The molecule has 2 rings (SSSR count). The third-order valence-electron chi connectivity index (χ3n) is 2.58. The Balaban J connectivity index is 2.34. The SMILES string of the molecule is CC(C)c1ncc(Cl)c(C(=O)N2CCNC2=O)n1. The van der Waals surface area contributed by atoms with E-state index >= 15 is 0 Å². The van der Waals surface area contributed by atoms with Crippen molar-refractivity contribution in [3.05, 3.63) is 22.7 Å². The molecule has 18 heavy (non-hydrogen) atoms. The number of aromatic nitrogens is 2. The summed E-state index contributed by atoms with van der Waals surface area (Å²) in [7, 11) is 0. The fourth-order valence-corrected chi connectivity index (χ4v) is 1.77. The molecule has 0 atom stereocenters. The minimum atomic E-state index is -0.487. The Labute approximate surface area is 109 Å². The first-order valence-electron chi connectivity index (χ1n) is 5.63. The molecule has 1 N–H and O–H groups in total. The van der Waals surface area contributed by atoms with Crippen molar-refractivity contribution in [1.29, 1.82) is 0 Å². The summed E-state index contributed by atoms with van der Waals surface area (Å²) in [5.74, 6) is 0.128. The van der Waals surface area contributed by atoms with Gasteiger partial charge in [0, 0.05) is 19.0 Å². The Morgan fingerprint density at radius 2 is 2.28 bits per heavy atom. The molecule has 1 fully saturated rings. The van der Waals surface area contributed by atoms with Gasteiger partial charge in [-0.1, -0.05) is 25.4 Å². The van der Waals surface area contributed by atoms with E-state index < -0.39 is 11.9 Å². The Kier molecular flexibility index (Phi) is 3.47. The maximum atomic E-state index is 12.1. The summed E-state index contributed by atoms with van der Waals surface area (Å²) in [6.07, 6.45) is 1.39. The van der Waals surface area contributed by atoms with Gasteiger partial charge in [0.15, 0.2) is 5.69 Å². The van der Waals surface area contributed by atoms with Crippen LogP contribution >= 0.6 is 11.6 Å². The zero-order valence-corrected chi connectivity index (χ0v) is 10.9. The van der Waals surface area contributed by atoms with Crippen LogP contribution in [-0.4, -0.2) is 39.9 Å². The molecule has 0 aromatic carbocycles. The van der Waals surface area contributed by atoms with Gasteiger partial charge in [-0.3, -0.25) is 9.69 Å². The van der Waals surface area contributed by atoms with E-state index in [1.807, 2.05) is 13.8 Å². The number of amides is 3. The summed E-state index contributed by atoms with van der Waals surface area (Å²) >= 11 is 5.92. The van der Waals surface area contributed by atoms with Crippen LogP contribution < -0.4 is 5.32 Å². The molecule has 3 amide bonds. The van der Waals surface area contributed by atoms with Crippen LogP contribution in [0.25, 0.3) is 0 Å². The maximum absolute atomic E-state index is 12.1. The number of halogens is 1. The first kappa shape index (κ1) is 12.8. The maximum Gasteiger partial charge on any atom is 0.324 e. The molecule has 0 saturated carbocycles. The molecule has 6 nitrogen and oxygen atoms in total. The van der Waals surface area contributed by atoms with E-state index in [4.69, 9.17) is 11.6 Å². The van der Waals surface area contributed by atoms with E-state index in [1.165, 1.54) is 6.20 Å². The average Bonchev–Trinajstić information content (AvgIpc) is 2.75. The Morgan fingerprint density at radius 1 is 1.56 bits per heavy atom. The molecule has 0 aliphatic carbocycles. The molecule has 0 bridgehead atoms. The molecular formula is C11H13ClN4O2. The van der Waals surface area contributed by atoms with Crippen LogP contribution in [0.4, 0.5) is 4.79 Å². The number of rotatable bonds is 2. The number of urea groups is 1. The highest BCUT2D eigenvalue weighted by Crippen LogP contribution is 2.18. The molecule has 96 valence electrons. The lowest BCUT2D eigenvalue weighted by Crippen LogP contribution is -2.35. The van der Waals surface area contributed by atoms with Crippen molar-refractivity contribution in [3.63, 3.8) is 0 Å². The molecule has 1 aromatic heterocycles. The van der Waals surface area contributed by atoms with Crippen LogP contribution in [0.1, 0.15) is 36.1 Å². The van der Waals surface area contributed by atoms with E-state index in [-0.39, 0.29) is 16.6 Å². The van der Waals surface area contributed by atoms with Crippen LogP contribution in [-0.2, 0) is 0 Å². The topological polar surface area (TPSA) is 75.2 Å². The first-order valence-corrected chi connectivity index (χ1v) is 6.00. The predicted molar refractivity (Wildman–Crippen MR) is 65.6 cm³/mol. The fraction of sp³-hybridized carbons (Fsp3) is 0.455. The van der Waals surface area contributed by atoms with Gasteiger partial charge in [-0.2, -0.15) is 0 Å². The van der Waals surface area contributed by atoms with Gasteiger partial charge in [-0.25, -0.2) is 14.8 Å². The number of nitrogens with zero attached hydrogens (tertiary/aromatic N) is 3. The van der Waals surface area contributed by atoms with Gasteiger partial charge in [0.2, 0.25) is 0 Å². The van der Waals surface area contributed by atoms with Crippen LogP contribution in [0.5, 0.6) is 0 Å². The summed E-state index contributed by atoms with van der Waals surface area (Å²) < 4.78 is 0. The number of carbonyl (C=O) groups excluding carboxylic acids is 2. The second kappa shape index (κ2) is 4.89. The zero-order chi connectivity index (χ0) is 13.3. The van der Waals surface area contributed by atoms with Crippen molar-refractivity contribution >= 4 is 23.5 Å². The van der Waals surface area contributed by atoms with Crippen molar-refractivity contribution in [3.8, 4) is 0 Å². The number of hydrogen-bond donors (Lipinski definition) is 1. The molecule has 1 aliphatic heterocycles. The van der Waals surface area contributed by atoms with E-state index in [2.05, 4.69) is 15.3 Å². The Morgan fingerprint density at radius 3 is 2.83 bits per heavy atom. The quantitative estimate of drug-likeness (QED) is 0.880. The van der Waals surface area contributed by atoms with Gasteiger partial charge >= 0.3 is 6.03 Å². The molecule has 2 heterocycles.